The van der Waals surface area contributed by atoms with Gasteiger partial charge in [0.1, 0.15) is 6.04 Å². The fourth-order valence-corrected chi connectivity index (χ4v) is 4.68. The second-order valence-electron chi connectivity index (χ2n) is 7.33. The predicted octanol–water partition coefficient (Wildman–Crippen LogP) is 1.68. The van der Waals surface area contributed by atoms with Crippen molar-refractivity contribution in [3.05, 3.63) is 0 Å². The van der Waals surface area contributed by atoms with Crippen molar-refractivity contribution in [2.75, 3.05) is 26.2 Å². The summed E-state index contributed by atoms with van der Waals surface area (Å²) in [6, 6.07) is 0.612. The maximum atomic E-state index is 12.3. The van der Waals surface area contributed by atoms with Crippen molar-refractivity contribution in [2.45, 2.75) is 57.5 Å². The van der Waals surface area contributed by atoms with E-state index >= 15 is 0 Å². The van der Waals surface area contributed by atoms with Gasteiger partial charge < -0.3 is 9.80 Å². The molecule has 0 aromatic rings. The molecule has 3 saturated heterocycles. The monoisotopic (exact) mass is 291 g/mol. The topological polar surface area (TPSA) is 43.9 Å². The van der Waals surface area contributed by atoms with Crippen LogP contribution in [-0.2, 0) is 4.79 Å². The first-order valence-electron chi connectivity index (χ1n) is 8.50. The molecule has 5 heteroatoms. The van der Waals surface area contributed by atoms with Crippen LogP contribution in [-0.4, -0.2) is 64.9 Å². The number of carbonyl (C=O) groups excluding carboxylic acids is 2. The van der Waals surface area contributed by atoms with Crippen LogP contribution in [0.2, 0.25) is 0 Å². The number of likely N-dealkylation sites (N-methyl/N-ethyl adjacent to an activating group) is 1. The summed E-state index contributed by atoms with van der Waals surface area (Å²) in [5, 5.41) is 0. The molecule has 3 heterocycles. The third-order valence-electron chi connectivity index (χ3n) is 6.30. The molecule has 4 aliphatic rings. The van der Waals surface area contributed by atoms with Gasteiger partial charge in [-0.3, -0.25) is 9.69 Å². The molecule has 0 bridgehead atoms. The highest BCUT2D eigenvalue weighted by Gasteiger charge is 2.56. The van der Waals surface area contributed by atoms with E-state index in [0.717, 1.165) is 44.9 Å². The maximum absolute atomic E-state index is 12.3. The van der Waals surface area contributed by atoms with Crippen LogP contribution < -0.4 is 0 Å². The number of urea groups is 1. The van der Waals surface area contributed by atoms with Crippen LogP contribution in [0.4, 0.5) is 4.79 Å². The summed E-state index contributed by atoms with van der Waals surface area (Å²) in [7, 11) is 0. The van der Waals surface area contributed by atoms with Crippen LogP contribution in [0, 0.1) is 5.41 Å². The number of hydrogen-bond acceptors (Lipinski definition) is 3. The maximum Gasteiger partial charge on any atom is 0.327 e. The van der Waals surface area contributed by atoms with E-state index in [1.165, 1.54) is 24.2 Å². The Morgan fingerprint density at radius 3 is 2.43 bits per heavy atom. The summed E-state index contributed by atoms with van der Waals surface area (Å²) in [6.07, 6.45) is 7.32. The Labute approximate surface area is 126 Å². The lowest BCUT2D eigenvalue weighted by molar-refractivity contribution is -0.128. The second kappa shape index (κ2) is 4.70. The first kappa shape index (κ1) is 13.6. The van der Waals surface area contributed by atoms with E-state index in [1.807, 2.05) is 11.8 Å². The predicted molar refractivity (Wildman–Crippen MR) is 78.8 cm³/mol. The highest BCUT2D eigenvalue weighted by molar-refractivity contribution is 6.04. The van der Waals surface area contributed by atoms with Gasteiger partial charge in [-0.05, 0) is 57.5 Å². The number of imide groups is 1. The third kappa shape index (κ3) is 1.93. The van der Waals surface area contributed by atoms with Gasteiger partial charge >= 0.3 is 6.03 Å². The van der Waals surface area contributed by atoms with E-state index < -0.39 is 0 Å². The SMILES string of the molecule is CCN1C(=O)C2CC3(CCN(C4CCC4)CC3)CN2C1=O. The third-order valence-corrected chi connectivity index (χ3v) is 6.30. The Morgan fingerprint density at radius 2 is 1.90 bits per heavy atom. The molecule has 3 aliphatic heterocycles. The van der Waals surface area contributed by atoms with Gasteiger partial charge in [0.05, 0.1) is 0 Å². The molecule has 1 saturated carbocycles. The van der Waals surface area contributed by atoms with Crippen LogP contribution >= 0.6 is 0 Å². The highest BCUT2D eigenvalue weighted by Crippen LogP contribution is 2.47. The number of rotatable bonds is 2. The van der Waals surface area contributed by atoms with Gasteiger partial charge in [0, 0.05) is 19.1 Å². The van der Waals surface area contributed by atoms with Gasteiger partial charge in [-0.1, -0.05) is 6.42 Å². The minimum atomic E-state index is -0.160. The lowest BCUT2D eigenvalue weighted by atomic mass is 9.75. The molecule has 0 radical (unpaired) electrons. The fraction of sp³-hybridized carbons (Fsp3) is 0.875. The minimum absolute atomic E-state index is 0.0424. The van der Waals surface area contributed by atoms with Crippen LogP contribution in [0.5, 0.6) is 0 Å². The Hall–Kier alpha value is -1.10. The summed E-state index contributed by atoms with van der Waals surface area (Å²) in [4.78, 5) is 30.5. The van der Waals surface area contributed by atoms with Gasteiger partial charge in [0.15, 0.2) is 0 Å². The average molecular weight is 291 g/mol. The van der Waals surface area contributed by atoms with E-state index in [9.17, 15) is 9.59 Å². The van der Waals surface area contributed by atoms with Crippen molar-refractivity contribution < 1.29 is 9.59 Å². The van der Waals surface area contributed by atoms with Crippen molar-refractivity contribution in [2.24, 2.45) is 5.41 Å². The summed E-state index contributed by atoms with van der Waals surface area (Å²) < 4.78 is 0. The Bertz CT molecular complexity index is 440. The summed E-state index contributed by atoms with van der Waals surface area (Å²) in [5.41, 5.74) is 0.218. The van der Waals surface area contributed by atoms with E-state index in [4.69, 9.17) is 0 Å². The van der Waals surface area contributed by atoms with E-state index in [1.54, 1.807) is 0 Å². The Morgan fingerprint density at radius 1 is 1.19 bits per heavy atom. The molecule has 1 aliphatic carbocycles. The van der Waals surface area contributed by atoms with Crippen LogP contribution in [0.3, 0.4) is 0 Å². The summed E-state index contributed by atoms with van der Waals surface area (Å²) in [5.74, 6) is 0.0424. The summed E-state index contributed by atoms with van der Waals surface area (Å²) >= 11 is 0. The highest BCUT2D eigenvalue weighted by atomic mass is 16.2. The number of nitrogens with zero attached hydrogens (tertiary/aromatic N) is 3. The number of carbonyl (C=O) groups is 2. The molecule has 1 unspecified atom stereocenters. The molecule has 116 valence electrons. The number of likely N-dealkylation sites (tertiary alicyclic amines) is 1. The van der Waals surface area contributed by atoms with Crippen molar-refractivity contribution in [1.29, 1.82) is 0 Å². The molecule has 1 spiro atoms. The van der Waals surface area contributed by atoms with Gasteiger partial charge in [0.2, 0.25) is 0 Å². The lowest BCUT2D eigenvalue weighted by Crippen LogP contribution is -2.49. The fourth-order valence-electron chi connectivity index (χ4n) is 4.68. The van der Waals surface area contributed by atoms with Crippen LogP contribution in [0.25, 0.3) is 0 Å². The summed E-state index contributed by atoms with van der Waals surface area (Å²) in [6.45, 7) is 5.51. The molecule has 4 rings (SSSR count). The van der Waals surface area contributed by atoms with Crippen LogP contribution in [0.15, 0.2) is 0 Å². The molecule has 0 aromatic carbocycles. The van der Waals surface area contributed by atoms with Crippen molar-refractivity contribution in [1.82, 2.24) is 14.7 Å². The standard InChI is InChI=1S/C16H25N3O2/c1-2-18-14(20)13-10-16(11-19(13)15(18)21)6-8-17(9-7-16)12-4-3-5-12/h12-13H,2-11H2,1H3. The molecule has 4 fully saturated rings. The largest absolute Gasteiger partial charge is 0.327 e. The smallest absolute Gasteiger partial charge is 0.312 e. The normalized spacial score (nSPS) is 32.9. The second-order valence-corrected chi connectivity index (χ2v) is 7.33. The average Bonchev–Trinajstić information content (AvgIpc) is 2.88. The molecule has 0 aromatic heterocycles. The molecule has 3 amide bonds. The number of amides is 3. The van der Waals surface area contributed by atoms with Crippen LogP contribution in [0.1, 0.15) is 45.4 Å². The molecule has 5 nitrogen and oxygen atoms in total. The number of hydrogen-bond donors (Lipinski definition) is 0. The number of fused-ring (bicyclic) bond motifs is 1. The first-order chi connectivity index (χ1) is 10.1. The van der Waals surface area contributed by atoms with Crippen molar-refractivity contribution in [3.8, 4) is 0 Å². The quantitative estimate of drug-likeness (QED) is 0.727. The molecule has 1 atom stereocenters. The molecule has 21 heavy (non-hydrogen) atoms. The lowest BCUT2D eigenvalue weighted by Gasteiger charge is -2.45. The first-order valence-corrected chi connectivity index (χ1v) is 8.50. The molecule has 0 N–H and O–H groups in total. The zero-order chi connectivity index (χ0) is 14.6. The van der Waals surface area contributed by atoms with E-state index in [2.05, 4.69) is 4.90 Å². The van der Waals surface area contributed by atoms with Gasteiger partial charge in [0.25, 0.3) is 5.91 Å². The molecular weight excluding hydrogens is 266 g/mol. The van der Waals surface area contributed by atoms with Gasteiger partial charge in [-0.25, -0.2) is 4.79 Å². The van der Waals surface area contributed by atoms with Gasteiger partial charge in [-0.2, -0.15) is 0 Å². The van der Waals surface area contributed by atoms with Gasteiger partial charge in [-0.15, -0.1) is 0 Å². The van der Waals surface area contributed by atoms with Crippen molar-refractivity contribution in [3.63, 3.8) is 0 Å². The zero-order valence-electron chi connectivity index (χ0n) is 12.9. The minimum Gasteiger partial charge on any atom is -0.312 e. The Kier molecular flexibility index (Phi) is 3.03. The number of piperidine rings is 1. The van der Waals surface area contributed by atoms with E-state index in [0.29, 0.717) is 6.54 Å². The van der Waals surface area contributed by atoms with E-state index in [-0.39, 0.29) is 23.4 Å². The van der Waals surface area contributed by atoms with Crippen molar-refractivity contribution >= 4 is 11.9 Å². The Balaban J connectivity index is 1.43. The molecular formula is C16H25N3O2. The zero-order valence-corrected chi connectivity index (χ0v) is 12.9.